The Bertz CT molecular complexity index is 1120. The average molecular weight is 476 g/mol. The minimum absolute atomic E-state index is 0.298. The monoisotopic (exact) mass is 475 g/mol. The molecule has 6 nitrogen and oxygen atoms in total. The molecule has 174 valence electrons. The molecule has 3 aliphatic rings. The molecule has 3 aromatic rings. The zero-order valence-electron chi connectivity index (χ0n) is 18.4. The van der Waals surface area contributed by atoms with Crippen LogP contribution in [0.4, 0.5) is 4.79 Å². The topological polar surface area (TPSA) is 57.2 Å². The van der Waals surface area contributed by atoms with E-state index in [-0.39, 0.29) is 23.7 Å². The van der Waals surface area contributed by atoms with Gasteiger partial charge in [0.05, 0.1) is 6.61 Å². The third-order valence-electron chi connectivity index (χ3n) is 6.40. The highest BCUT2D eigenvalue weighted by molar-refractivity contribution is 7.99. The van der Waals surface area contributed by atoms with Crippen LogP contribution in [0.15, 0.2) is 95.9 Å². The van der Waals surface area contributed by atoms with E-state index in [9.17, 15) is 4.79 Å². The Morgan fingerprint density at radius 1 is 0.824 bits per heavy atom. The molecule has 7 heteroatoms. The van der Waals surface area contributed by atoms with E-state index in [0.717, 1.165) is 16.0 Å². The van der Waals surface area contributed by atoms with E-state index in [1.165, 1.54) is 0 Å². The van der Waals surface area contributed by atoms with E-state index in [2.05, 4.69) is 0 Å². The smallest absolute Gasteiger partial charge is 0.411 e. The Labute approximate surface area is 202 Å². The normalized spacial score (nSPS) is 30.4. The van der Waals surface area contributed by atoms with Gasteiger partial charge in [-0.1, -0.05) is 90.6 Å². The van der Waals surface area contributed by atoms with E-state index in [1.807, 2.05) is 91.0 Å². The number of nitrogens with zero attached hydrogens (tertiary/aromatic N) is 1. The van der Waals surface area contributed by atoms with E-state index in [0.29, 0.717) is 13.2 Å². The summed E-state index contributed by atoms with van der Waals surface area (Å²) in [5.74, 6) is 0. The van der Waals surface area contributed by atoms with Crippen LogP contribution < -0.4 is 0 Å². The summed E-state index contributed by atoms with van der Waals surface area (Å²) < 4.78 is 24.9. The molecule has 0 aliphatic carbocycles. The fourth-order valence-electron chi connectivity index (χ4n) is 4.79. The average Bonchev–Trinajstić information content (AvgIpc) is 3.22. The van der Waals surface area contributed by atoms with Gasteiger partial charge in [-0.3, -0.25) is 4.90 Å². The molecule has 34 heavy (non-hydrogen) atoms. The highest BCUT2D eigenvalue weighted by Crippen LogP contribution is 2.44. The van der Waals surface area contributed by atoms with Gasteiger partial charge in [0.2, 0.25) is 0 Å². The maximum atomic E-state index is 13.1. The first kappa shape index (κ1) is 21.7. The summed E-state index contributed by atoms with van der Waals surface area (Å²) in [6.07, 6.45) is -2.06. The van der Waals surface area contributed by atoms with Crippen LogP contribution in [0.5, 0.6) is 0 Å². The van der Waals surface area contributed by atoms with Crippen LogP contribution in [0, 0.1) is 0 Å². The van der Waals surface area contributed by atoms with Crippen LogP contribution in [0.25, 0.3) is 0 Å². The Morgan fingerprint density at radius 3 is 2.24 bits per heavy atom. The van der Waals surface area contributed by atoms with Crippen LogP contribution >= 0.6 is 11.8 Å². The number of rotatable bonds is 5. The zero-order chi connectivity index (χ0) is 22.9. The molecule has 6 rings (SSSR count). The highest BCUT2D eigenvalue weighted by atomic mass is 32.2. The van der Waals surface area contributed by atoms with Crippen molar-refractivity contribution < 1.29 is 23.7 Å². The fraction of sp³-hybridized carbons (Fsp3) is 0.296. The van der Waals surface area contributed by atoms with Gasteiger partial charge < -0.3 is 18.9 Å². The first-order valence-corrected chi connectivity index (χ1v) is 12.3. The van der Waals surface area contributed by atoms with E-state index >= 15 is 0 Å². The number of fused-ring (bicyclic) bond motifs is 3. The number of thioether (sulfide) groups is 1. The molecule has 0 aromatic heterocycles. The fourth-order valence-corrected chi connectivity index (χ4v) is 6.01. The first-order valence-electron chi connectivity index (χ1n) is 11.5. The van der Waals surface area contributed by atoms with Gasteiger partial charge in [-0.25, -0.2) is 4.79 Å². The van der Waals surface area contributed by atoms with Crippen molar-refractivity contribution in [3.8, 4) is 0 Å². The number of benzene rings is 3. The highest BCUT2D eigenvalue weighted by Gasteiger charge is 2.58. The minimum Gasteiger partial charge on any atom is -0.441 e. The lowest BCUT2D eigenvalue weighted by Crippen LogP contribution is -2.62. The van der Waals surface area contributed by atoms with Gasteiger partial charge in [0.15, 0.2) is 12.4 Å². The van der Waals surface area contributed by atoms with Gasteiger partial charge in [0, 0.05) is 17.0 Å². The number of carbonyl (C=O) groups excluding carboxylic acids is 1. The van der Waals surface area contributed by atoms with Crippen molar-refractivity contribution in [2.24, 2.45) is 0 Å². The standard InChI is InChI=1S/C27H25NO5S/c29-27-28(16-18-10-4-1-5-11-18)22-24(33-27)23-21(31-26(22)34-20-14-8-3-9-15-20)17-30-25(32-23)19-12-6-2-7-13-19/h1-15,21-26H,16-17H2/t21?,22?,23-,24-,25?,26+/m1/s1. The number of amides is 1. The van der Waals surface area contributed by atoms with Gasteiger partial charge in [-0.05, 0) is 17.7 Å². The number of carbonyl (C=O) groups is 1. The summed E-state index contributed by atoms with van der Waals surface area (Å²) in [5.41, 5.74) is 1.66. The molecule has 3 unspecified atom stereocenters. The molecular formula is C27H25NO5S. The molecule has 3 fully saturated rings. The third-order valence-corrected chi connectivity index (χ3v) is 7.57. The SMILES string of the molecule is O=C1O[C@@H]2C([C@H](Sc3ccccc3)OC3COC(c4ccccc4)O[C@H]32)N1Cc1ccccc1. The second-order valence-electron chi connectivity index (χ2n) is 8.60. The molecule has 0 bridgehead atoms. The van der Waals surface area contributed by atoms with E-state index in [4.69, 9.17) is 18.9 Å². The van der Waals surface area contributed by atoms with Crippen molar-refractivity contribution in [3.63, 3.8) is 0 Å². The lowest BCUT2D eigenvalue weighted by molar-refractivity contribution is -0.303. The molecule has 0 saturated carbocycles. The largest absolute Gasteiger partial charge is 0.441 e. The number of hydrogen-bond donors (Lipinski definition) is 0. The Kier molecular flexibility index (Phi) is 6.01. The lowest BCUT2D eigenvalue weighted by atomic mass is 9.96. The van der Waals surface area contributed by atoms with Gasteiger partial charge in [-0.15, -0.1) is 0 Å². The molecule has 0 radical (unpaired) electrons. The predicted octanol–water partition coefficient (Wildman–Crippen LogP) is 5.01. The van der Waals surface area contributed by atoms with Crippen LogP contribution in [-0.2, 0) is 25.5 Å². The zero-order valence-corrected chi connectivity index (χ0v) is 19.3. The van der Waals surface area contributed by atoms with E-state index in [1.54, 1.807) is 16.7 Å². The second-order valence-corrected chi connectivity index (χ2v) is 9.77. The Morgan fingerprint density at radius 2 is 1.50 bits per heavy atom. The van der Waals surface area contributed by atoms with Crippen LogP contribution in [0.2, 0.25) is 0 Å². The predicted molar refractivity (Wildman–Crippen MR) is 127 cm³/mol. The molecule has 0 spiro atoms. The first-order chi connectivity index (χ1) is 16.8. The summed E-state index contributed by atoms with van der Waals surface area (Å²) >= 11 is 1.60. The van der Waals surface area contributed by atoms with Crippen LogP contribution in [0.3, 0.4) is 0 Å². The van der Waals surface area contributed by atoms with Crippen molar-refractivity contribution >= 4 is 17.9 Å². The number of ether oxygens (including phenoxy) is 4. The molecule has 3 aromatic carbocycles. The maximum absolute atomic E-state index is 13.1. The third kappa shape index (κ3) is 4.20. The van der Waals surface area contributed by atoms with Gasteiger partial charge in [-0.2, -0.15) is 0 Å². The summed E-state index contributed by atoms with van der Waals surface area (Å²) in [4.78, 5) is 16.0. The Balaban J connectivity index is 1.30. The molecule has 6 atom stereocenters. The van der Waals surface area contributed by atoms with Crippen molar-refractivity contribution in [1.82, 2.24) is 4.90 Å². The van der Waals surface area contributed by atoms with Crippen LogP contribution in [0.1, 0.15) is 17.4 Å². The van der Waals surface area contributed by atoms with Crippen molar-refractivity contribution in [1.29, 1.82) is 0 Å². The summed E-state index contributed by atoms with van der Waals surface area (Å²) in [5, 5.41) is 0. The van der Waals surface area contributed by atoms with Crippen molar-refractivity contribution in [2.45, 2.75) is 47.5 Å². The minimum atomic E-state index is -0.521. The molecular weight excluding hydrogens is 450 g/mol. The molecule has 3 saturated heterocycles. The van der Waals surface area contributed by atoms with Gasteiger partial charge >= 0.3 is 6.09 Å². The molecule has 3 aliphatic heterocycles. The maximum Gasteiger partial charge on any atom is 0.411 e. The van der Waals surface area contributed by atoms with E-state index < -0.39 is 18.5 Å². The second kappa shape index (κ2) is 9.43. The summed E-state index contributed by atoms with van der Waals surface area (Å²) in [7, 11) is 0. The molecule has 0 N–H and O–H groups in total. The lowest BCUT2D eigenvalue weighted by Gasteiger charge is -2.47. The quantitative estimate of drug-likeness (QED) is 0.517. The van der Waals surface area contributed by atoms with Crippen molar-refractivity contribution in [2.75, 3.05) is 6.61 Å². The molecule has 3 heterocycles. The van der Waals surface area contributed by atoms with Crippen molar-refractivity contribution in [3.05, 3.63) is 102 Å². The summed E-state index contributed by atoms with van der Waals surface area (Å²) in [6, 6.07) is 29.6. The molecule has 1 amide bonds. The summed E-state index contributed by atoms with van der Waals surface area (Å²) in [6.45, 7) is 0.821. The number of hydrogen-bond acceptors (Lipinski definition) is 6. The Hall–Kier alpha value is -2.84. The van der Waals surface area contributed by atoms with Crippen LogP contribution in [-0.4, -0.2) is 47.4 Å². The van der Waals surface area contributed by atoms with Gasteiger partial charge in [0.1, 0.15) is 23.7 Å². The van der Waals surface area contributed by atoms with Gasteiger partial charge in [0.25, 0.3) is 0 Å².